The normalized spacial score (nSPS) is 20.2. The zero-order valence-electron chi connectivity index (χ0n) is 28.6. The van der Waals surface area contributed by atoms with E-state index in [0.717, 1.165) is 33.4 Å². The number of nitrogens with zero attached hydrogens (tertiary/aromatic N) is 2. The minimum absolute atomic E-state index is 0.272. The number of carboxylic acids is 2. The van der Waals surface area contributed by atoms with Crippen LogP contribution in [0.15, 0.2) is 84.9 Å². The molecule has 0 saturated carbocycles. The zero-order chi connectivity index (χ0) is 36.4. The molecule has 2 N–H and O–H groups in total. The van der Waals surface area contributed by atoms with Crippen molar-refractivity contribution in [1.29, 1.82) is 0 Å². The van der Waals surface area contributed by atoms with Crippen molar-refractivity contribution in [3.63, 3.8) is 0 Å². The lowest BCUT2D eigenvalue weighted by Gasteiger charge is -2.27. The van der Waals surface area contributed by atoms with Gasteiger partial charge in [-0.15, -0.1) is 23.5 Å². The van der Waals surface area contributed by atoms with Crippen molar-refractivity contribution in [2.75, 3.05) is 24.0 Å². The van der Waals surface area contributed by atoms with Crippen LogP contribution in [0.2, 0.25) is 0 Å². The van der Waals surface area contributed by atoms with Crippen LogP contribution >= 0.6 is 23.5 Å². The Hall–Kier alpha value is -4.94. The van der Waals surface area contributed by atoms with E-state index in [2.05, 4.69) is 0 Å². The fraction of sp³-hybridized carbons (Fsp3) is 0.282. The summed E-state index contributed by atoms with van der Waals surface area (Å²) in [6, 6.07) is 26.8. The van der Waals surface area contributed by atoms with E-state index in [1.807, 2.05) is 98.8 Å². The van der Waals surface area contributed by atoms with Crippen LogP contribution in [-0.2, 0) is 25.6 Å². The van der Waals surface area contributed by atoms with Gasteiger partial charge < -0.3 is 19.7 Å². The van der Waals surface area contributed by atoms with Gasteiger partial charge in [0.2, 0.25) is 11.8 Å². The summed E-state index contributed by atoms with van der Waals surface area (Å²) in [5, 5.41) is 16.6. The first kappa shape index (κ1) is 35.9. The third-order valence-electron chi connectivity index (χ3n) is 8.95. The molecule has 2 amide bonds. The molecule has 0 aromatic heterocycles. The number of methoxy groups -OCH3 is 2. The summed E-state index contributed by atoms with van der Waals surface area (Å²) < 4.78 is 11.6. The van der Waals surface area contributed by atoms with Gasteiger partial charge in [0.1, 0.15) is 22.2 Å². The molecule has 2 saturated heterocycles. The molecule has 12 heteroatoms. The highest BCUT2D eigenvalue weighted by Crippen LogP contribution is 2.51. The molecule has 0 aliphatic carbocycles. The summed E-state index contributed by atoms with van der Waals surface area (Å²) in [7, 11) is 3.14. The summed E-state index contributed by atoms with van der Waals surface area (Å²) in [6.07, 6.45) is -0.113. The molecule has 2 aliphatic heterocycles. The first-order valence-corrected chi connectivity index (χ1v) is 18.2. The number of aryl methyl sites for hydroxylation is 2. The van der Waals surface area contributed by atoms with Crippen LogP contribution in [0.25, 0.3) is 0 Å². The molecule has 4 unspecified atom stereocenters. The number of amides is 2. The molecule has 2 heterocycles. The standard InChI is InChI=1S/C39H38N2O8S2/c1-22-5-11-26(12-6-22)40-36(46)32(20-34(42)43)50-38(40)28-18-24(9-15-30(28)48-3)17-25-10-16-31(49-4)29(19-25)39-41(27-13-7-23(2)8-14-27)37(47)33(51-39)21-35(44)45/h5-16,18-19,32-33,38-39H,17,20-21H2,1-4H3,(H,42,43)(H,44,45). The number of carboxylic acid groups (broad SMARTS) is 2. The topological polar surface area (TPSA) is 134 Å². The predicted octanol–water partition coefficient (Wildman–Crippen LogP) is 7.16. The van der Waals surface area contributed by atoms with E-state index >= 15 is 0 Å². The number of rotatable bonds is 12. The van der Waals surface area contributed by atoms with E-state index in [1.54, 1.807) is 24.0 Å². The highest BCUT2D eigenvalue weighted by molar-refractivity contribution is 8.01. The molecule has 264 valence electrons. The van der Waals surface area contributed by atoms with Gasteiger partial charge in [0.25, 0.3) is 0 Å². The third-order valence-corrected chi connectivity index (χ3v) is 11.8. The first-order chi connectivity index (χ1) is 24.5. The maximum atomic E-state index is 13.7. The number of thioether (sulfide) groups is 2. The van der Waals surface area contributed by atoms with E-state index in [4.69, 9.17) is 9.47 Å². The van der Waals surface area contributed by atoms with Gasteiger partial charge in [-0.25, -0.2) is 0 Å². The summed E-state index contributed by atoms with van der Waals surface area (Å²) in [5.74, 6) is -1.48. The Labute approximate surface area is 304 Å². The van der Waals surface area contributed by atoms with Crippen LogP contribution in [0, 0.1) is 13.8 Å². The molecule has 2 fully saturated rings. The second-order valence-corrected chi connectivity index (χ2v) is 15.1. The molecule has 2 aliphatic rings. The fourth-order valence-corrected chi connectivity index (χ4v) is 9.36. The summed E-state index contributed by atoms with van der Waals surface area (Å²) in [6.45, 7) is 3.92. The van der Waals surface area contributed by atoms with Crippen molar-refractivity contribution in [2.24, 2.45) is 0 Å². The number of hydrogen-bond donors (Lipinski definition) is 2. The number of anilines is 2. The molecule has 51 heavy (non-hydrogen) atoms. The van der Waals surface area contributed by atoms with Crippen molar-refractivity contribution in [3.05, 3.63) is 118 Å². The minimum Gasteiger partial charge on any atom is -0.496 e. The average Bonchev–Trinajstić information content (AvgIpc) is 3.59. The van der Waals surface area contributed by atoms with Crippen LogP contribution in [0.1, 0.15) is 57.0 Å². The first-order valence-electron chi connectivity index (χ1n) is 16.3. The monoisotopic (exact) mass is 726 g/mol. The highest BCUT2D eigenvalue weighted by atomic mass is 32.2. The third kappa shape index (κ3) is 7.57. The average molecular weight is 727 g/mol. The maximum Gasteiger partial charge on any atom is 0.305 e. The Bertz CT molecular complexity index is 1830. The molecule has 6 rings (SSSR count). The van der Waals surface area contributed by atoms with Crippen molar-refractivity contribution < 1.29 is 38.9 Å². The number of hydrogen-bond acceptors (Lipinski definition) is 8. The molecule has 4 aromatic rings. The van der Waals surface area contributed by atoms with Crippen LogP contribution in [-0.4, -0.2) is 58.7 Å². The van der Waals surface area contributed by atoms with Gasteiger partial charge in [-0.3, -0.25) is 29.0 Å². The largest absolute Gasteiger partial charge is 0.496 e. The number of aliphatic carboxylic acids is 2. The summed E-state index contributed by atoms with van der Waals surface area (Å²) in [4.78, 5) is 54.1. The molecule has 0 spiro atoms. The van der Waals surface area contributed by atoms with Crippen molar-refractivity contribution in [1.82, 2.24) is 0 Å². The SMILES string of the molecule is COc1ccc(Cc2ccc(OC)c(C3SC(CC(=O)O)C(=O)N3c3ccc(C)cc3)c2)cc1C1SC(CC(=O)O)C(=O)N1c1ccc(C)cc1. The molecule has 4 aromatic carbocycles. The predicted molar refractivity (Wildman–Crippen MR) is 199 cm³/mol. The van der Waals surface area contributed by atoms with Crippen LogP contribution in [0.3, 0.4) is 0 Å². The van der Waals surface area contributed by atoms with Crippen LogP contribution < -0.4 is 19.3 Å². The summed E-state index contributed by atoms with van der Waals surface area (Å²) >= 11 is 2.59. The van der Waals surface area contributed by atoms with E-state index < -0.39 is 33.2 Å². The molecule has 0 radical (unpaired) electrons. The van der Waals surface area contributed by atoms with Gasteiger partial charge in [-0.2, -0.15) is 0 Å². The lowest BCUT2D eigenvalue weighted by molar-refractivity contribution is -0.138. The number of carbonyl (C=O) groups excluding carboxylic acids is 2. The molecular formula is C39H38N2O8S2. The van der Waals surface area contributed by atoms with Gasteiger partial charge in [0, 0.05) is 22.5 Å². The van der Waals surface area contributed by atoms with Crippen LogP contribution in [0.5, 0.6) is 11.5 Å². The van der Waals surface area contributed by atoms with E-state index in [0.29, 0.717) is 29.3 Å². The smallest absolute Gasteiger partial charge is 0.305 e. The molecule has 0 bridgehead atoms. The second kappa shape index (κ2) is 15.1. The van der Waals surface area contributed by atoms with E-state index in [-0.39, 0.29) is 24.7 Å². The molecule has 10 nitrogen and oxygen atoms in total. The van der Waals surface area contributed by atoms with Crippen LogP contribution in [0.4, 0.5) is 11.4 Å². The minimum atomic E-state index is -1.04. The second-order valence-electron chi connectivity index (χ2n) is 12.6. The maximum absolute atomic E-state index is 13.7. The Morgan fingerprint density at radius 3 is 1.33 bits per heavy atom. The van der Waals surface area contributed by atoms with Crippen molar-refractivity contribution in [2.45, 2.75) is 54.4 Å². The molecule has 4 atom stereocenters. The van der Waals surface area contributed by atoms with Gasteiger partial charge in [-0.05, 0) is 79.9 Å². The van der Waals surface area contributed by atoms with E-state index in [9.17, 15) is 29.4 Å². The van der Waals surface area contributed by atoms with E-state index in [1.165, 1.54) is 23.5 Å². The van der Waals surface area contributed by atoms with Crippen molar-refractivity contribution in [3.8, 4) is 11.5 Å². The van der Waals surface area contributed by atoms with Gasteiger partial charge in [0.15, 0.2) is 0 Å². The Kier molecular flexibility index (Phi) is 10.6. The number of carbonyl (C=O) groups is 4. The number of ether oxygens (including phenoxy) is 2. The lowest BCUT2D eigenvalue weighted by atomic mass is 9.99. The lowest BCUT2D eigenvalue weighted by Crippen LogP contribution is -2.32. The van der Waals surface area contributed by atoms with Crippen molar-refractivity contribution >= 4 is 58.7 Å². The zero-order valence-corrected chi connectivity index (χ0v) is 30.2. The van der Waals surface area contributed by atoms with Gasteiger partial charge in [0.05, 0.1) is 37.6 Å². The highest BCUT2D eigenvalue weighted by Gasteiger charge is 2.45. The molecular weight excluding hydrogens is 689 g/mol. The van der Waals surface area contributed by atoms with Gasteiger partial charge >= 0.3 is 11.9 Å². The Morgan fingerprint density at radius 2 is 1.00 bits per heavy atom. The Balaban J connectivity index is 1.36. The quantitative estimate of drug-likeness (QED) is 0.155. The van der Waals surface area contributed by atoms with Gasteiger partial charge in [-0.1, -0.05) is 47.5 Å². The fourth-order valence-electron chi connectivity index (χ4n) is 6.45. The number of benzene rings is 4. The summed E-state index contributed by atoms with van der Waals surface area (Å²) in [5.41, 5.74) is 6.76. The Morgan fingerprint density at radius 1 is 0.627 bits per heavy atom.